The quantitative estimate of drug-likeness (QED) is 0.566. The summed E-state index contributed by atoms with van der Waals surface area (Å²) in [7, 11) is 0. The van der Waals surface area contributed by atoms with Gasteiger partial charge in [0.25, 0.3) is 0 Å². The molecule has 106 valence electrons. The first-order valence-electron chi connectivity index (χ1n) is 7.93. The Morgan fingerprint density at radius 2 is 1.83 bits per heavy atom. The van der Waals surface area contributed by atoms with E-state index in [0.717, 1.165) is 12.8 Å². The molecule has 18 heavy (non-hydrogen) atoms. The van der Waals surface area contributed by atoms with Gasteiger partial charge in [-0.05, 0) is 32.1 Å². The highest BCUT2D eigenvalue weighted by molar-refractivity contribution is 5.83. The normalized spacial score (nSPS) is 18.8. The maximum absolute atomic E-state index is 12.3. The maximum atomic E-state index is 12.3. The topological polar surface area (TPSA) is 26.3 Å². The third kappa shape index (κ3) is 5.51. The van der Waals surface area contributed by atoms with Gasteiger partial charge < -0.3 is 4.74 Å². The molecule has 0 spiro atoms. The summed E-state index contributed by atoms with van der Waals surface area (Å²) in [5, 5.41) is 0. The number of carbonyl (C=O) groups is 1. The Kier molecular flexibility index (Phi) is 8.32. The molecule has 0 aromatic carbocycles. The van der Waals surface area contributed by atoms with Crippen LogP contribution in [0, 0.1) is 5.92 Å². The number of Topliss-reactive ketones (excluding diaryl/α,β-unsaturated/α-hetero) is 1. The van der Waals surface area contributed by atoms with Crippen molar-refractivity contribution in [2.45, 2.75) is 84.2 Å². The molecule has 0 N–H and O–H groups in total. The standard InChI is InChI=1S/C16H30O2/c1-3-5-6-10-13-15(17)16(18-4-2)14-11-8-7-9-12-14/h14,16H,3-13H2,1-2H3. The van der Waals surface area contributed by atoms with Crippen LogP contribution in [-0.4, -0.2) is 18.5 Å². The van der Waals surface area contributed by atoms with E-state index in [2.05, 4.69) is 6.92 Å². The second kappa shape index (κ2) is 9.55. The summed E-state index contributed by atoms with van der Waals surface area (Å²) in [4.78, 5) is 12.3. The smallest absolute Gasteiger partial charge is 0.161 e. The van der Waals surface area contributed by atoms with Crippen molar-refractivity contribution in [2.24, 2.45) is 5.92 Å². The Bertz CT molecular complexity index is 219. The molecule has 1 atom stereocenters. The molecule has 2 heteroatoms. The van der Waals surface area contributed by atoms with Crippen LogP contribution in [0.25, 0.3) is 0 Å². The number of ketones is 1. The first-order valence-corrected chi connectivity index (χ1v) is 7.93. The molecule has 0 bridgehead atoms. The van der Waals surface area contributed by atoms with Crippen LogP contribution in [0.4, 0.5) is 0 Å². The molecular weight excluding hydrogens is 224 g/mol. The molecule has 1 aliphatic rings. The van der Waals surface area contributed by atoms with Crippen LogP contribution in [0.15, 0.2) is 0 Å². The van der Waals surface area contributed by atoms with Crippen LogP contribution < -0.4 is 0 Å². The van der Waals surface area contributed by atoms with E-state index in [0.29, 0.717) is 18.3 Å². The number of ether oxygens (including phenoxy) is 1. The van der Waals surface area contributed by atoms with Crippen LogP contribution in [0.2, 0.25) is 0 Å². The average Bonchev–Trinajstić information content (AvgIpc) is 2.41. The molecule has 1 unspecified atom stereocenters. The molecule has 0 heterocycles. The van der Waals surface area contributed by atoms with E-state index in [1.807, 2.05) is 6.92 Å². The molecule has 0 radical (unpaired) electrons. The van der Waals surface area contributed by atoms with Gasteiger partial charge in [0.05, 0.1) is 0 Å². The number of hydrogen-bond donors (Lipinski definition) is 0. The van der Waals surface area contributed by atoms with E-state index in [-0.39, 0.29) is 6.10 Å². The van der Waals surface area contributed by atoms with Crippen molar-refractivity contribution in [1.29, 1.82) is 0 Å². The van der Waals surface area contributed by atoms with Gasteiger partial charge in [-0.3, -0.25) is 4.79 Å². The van der Waals surface area contributed by atoms with Crippen molar-refractivity contribution in [1.82, 2.24) is 0 Å². The van der Waals surface area contributed by atoms with Crippen LogP contribution in [0.5, 0.6) is 0 Å². The van der Waals surface area contributed by atoms with Crippen LogP contribution >= 0.6 is 0 Å². The van der Waals surface area contributed by atoms with Gasteiger partial charge in [0.2, 0.25) is 0 Å². The largest absolute Gasteiger partial charge is 0.370 e. The van der Waals surface area contributed by atoms with Crippen molar-refractivity contribution < 1.29 is 9.53 Å². The van der Waals surface area contributed by atoms with Gasteiger partial charge in [-0.1, -0.05) is 45.4 Å². The minimum absolute atomic E-state index is 0.100. The second-order valence-corrected chi connectivity index (χ2v) is 5.55. The highest BCUT2D eigenvalue weighted by Crippen LogP contribution is 2.29. The van der Waals surface area contributed by atoms with Gasteiger partial charge in [0.1, 0.15) is 6.10 Å². The monoisotopic (exact) mass is 254 g/mol. The summed E-state index contributed by atoms with van der Waals surface area (Å²) >= 11 is 0. The fourth-order valence-electron chi connectivity index (χ4n) is 2.98. The maximum Gasteiger partial charge on any atom is 0.161 e. The number of rotatable bonds is 9. The summed E-state index contributed by atoms with van der Waals surface area (Å²) in [5.74, 6) is 0.859. The van der Waals surface area contributed by atoms with Gasteiger partial charge in [-0.15, -0.1) is 0 Å². The Morgan fingerprint density at radius 3 is 2.44 bits per heavy atom. The van der Waals surface area contributed by atoms with Crippen LogP contribution in [-0.2, 0) is 9.53 Å². The third-order valence-electron chi connectivity index (χ3n) is 4.02. The number of unbranched alkanes of at least 4 members (excludes halogenated alkanes) is 3. The molecule has 0 amide bonds. The van der Waals surface area contributed by atoms with Gasteiger partial charge >= 0.3 is 0 Å². The van der Waals surface area contributed by atoms with E-state index in [1.54, 1.807) is 0 Å². The van der Waals surface area contributed by atoms with Crippen LogP contribution in [0.1, 0.15) is 78.1 Å². The Hall–Kier alpha value is -0.370. The minimum atomic E-state index is -0.100. The van der Waals surface area contributed by atoms with E-state index < -0.39 is 0 Å². The number of carbonyl (C=O) groups excluding carboxylic acids is 1. The molecule has 2 nitrogen and oxygen atoms in total. The molecule has 0 saturated heterocycles. The van der Waals surface area contributed by atoms with Crippen LogP contribution in [0.3, 0.4) is 0 Å². The average molecular weight is 254 g/mol. The Balaban J connectivity index is 2.36. The molecule has 0 aromatic rings. The summed E-state index contributed by atoms with van der Waals surface area (Å²) in [6.45, 7) is 4.87. The van der Waals surface area contributed by atoms with E-state index >= 15 is 0 Å². The molecule has 1 saturated carbocycles. The lowest BCUT2D eigenvalue weighted by atomic mass is 9.83. The zero-order chi connectivity index (χ0) is 13.2. The van der Waals surface area contributed by atoms with E-state index in [9.17, 15) is 4.79 Å². The lowest BCUT2D eigenvalue weighted by Gasteiger charge is -2.29. The summed E-state index contributed by atoms with van der Waals surface area (Å²) < 4.78 is 5.75. The fraction of sp³-hybridized carbons (Fsp3) is 0.938. The third-order valence-corrected chi connectivity index (χ3v) is 4.02. The summed E-state index contributed by atoms with van der Waals surface area (Å²) in [5.41, 5.74) is 0. The summed E-state index contributed by atoms with van der Waals surface area (Å²) in [6, 6.07) is 0. The van der Waals surface area contributed by atoms with E-state index in [4.69, 9.17) is 4.74 Å². The fourth-order valence-corrected chi connectivity index (χ4v) is 2.98. The molecule has 0 aliphatic heterocycles. The Morgan fingerprint density at radius 1 is 1.11 bits per heavy atom. The second-order valence-electron chi connectivity index (χ2n) is 5.55. The van der Waals surface area contributed by atoms with Gasteiger partial charge in [-0.2, -0.15) is 0 Å². The number of hydrogen-bond acceptors (Lipinski definition) is 2. The first-order chi connectivity index (χ1) is 8.79. The van der Waals surface area contributed by atoms with Gasteiger partial charge in [-0.25, -0.2) is 0 Å². The van der Waals surface area contributed by atoms with Gasteiger partial charge in [0.15, 0.2) is 5.78 Å². The zero-order valence-corrected chi connectivity index (χ0v) is 12.2. The highest BCUT2D eigenvalue weighted by Gasteiger charge is 2.29. The SMILES string of the molecule is CCCCCCC(=O)C(OCC)C1CCCCC1. The minimum Gasteiger partial charge on any atom is -0.370 e. The molecule has 1 rings (SSSR count). The van der Waals surface area contributed by atoms with Crippen molar-refractivity contribution in [3.8, 4) is 0 Å². The van der Waals surface area contributed by atoms with Gasteiger partial charge in [0, 0.05) is 13.0 Å². The predicted molar refractivity (Wildman–Crippen MR) is 75.8 cm³/mol. The summed E-state index contributed by atoms with van der Waals surface area (Å²) in [6.07, 6.45) is 11.6. The molecule has 0 aromatic heterocycles. The van der Waals surface area contributed by atoms with Crippen molar-refractivity contribution in [3.63, 3.8) is 0 Å². The first kappa shape index (κ1) is 15.7. The van der Waals surface area contributed by atoms with Crippen molar-refractivity contribution in [3.05, 3.63) is 0 Å². The predicted octanol–water partition coefficient (Wildman–Crippen LogP) is 4.51. The lowest BCUT2D eigenvalue weighted by Crippen LogP contribution is -2.34. The molecule has 1 aliphatic carbocycles. The molecular formula is C16H30O2. The van der Waals surface area contributed by atoms with Crippen molar-refractivity contribution in [2.75, 3.05) is 6.61 Å². The van der Waals surface area contributed by atoms with Crippen molar-refractivity contribution >= 4 is 5.78 Å². The molecule has 1 fully saturated rings. The Labute approximate surface area is 112 Å². The highest BCUT2D eigenvalue weighted by atomic mass is 16.5. The van der Waals surface area contributed by atoms with E-state index in [1.165, 1.54) is 51.4 Å². The zero-order valence-electron chi connectivity index (χ0n) is 12.2. The lowest BCUT2D eigenvalue weighted by molar-refractivity contribution is -0.135.